The van der Waals surface area contributed by atoms with Crippen molar-refractivity contribution in [3.05, 3.63) is 29.3 Å². The molecular weight excluding hydrogens is 214 g/mol. The third kappa shape index (κ3) is 2.78. The Morgan fingerprint density at radius 3 is 2.59 bits per heavy atom. The number of rotatable bonds is 1. The normalized spacial score (nSPS) is 15.8. The van der Waals surface area contributed by atoms with Crippen LogP contribution in [0.15, 0.2) is 18.2 Å². The fourth-order valence-electron chi connectivity index (χ4n) is 2.07. The molecule has 0 aliphatic carbocycles. The van der Waals surface area contributed by atoms with Gasteiger partial charge in [0.05, 0.1) is 0 Å². The molecule has 1 aliphatic rings. The second kappa shape index (κ2) is 5.21. The smallest absolute Gasteiger partial charge is 0.410 e. The second-order valence-electron chi connectivity index (χ2n) is 4.61. The van der Waals surface area contributed by atoms with Gasteiger partial charge in [0.25, 0.3) is 0 Å². The van der Waals surface area contributed by atoms with E-state index < -0.39 is 0 Å². The molecule has 17 heavy (non-hydrogen) atoms. The number of hydrogen-bond acceptors (Lipinski definition) is 2. The SMILES string of the molecule is Cc1cccc(OC(=O)N2CCCCC2)c1C. The van der Waals surface area contributed by atoms with E-state index in [2.05, 4.69) is 0 Å². The highest BCUT2D eigenvalue weighted by Crippen LogP contribution is 2.22. The van der Waals surface area contributed by atoms with Crippen LogP contribution in [0.25, 0.3) is 0 Å². The lowest BCUT2D eigenvalue weighted by Gasteiger charge is -2.26. The Morgan fingerprint density at radius 2 is 1.88 bits per heavy atom. The average molecular weight is 233 g/mol. The molecule has 0 atom stereocenters. The van der Waals surface area contributed by atoms with Crippen LogP contribution in [0.1, 0.15) is 30.4 Å². The van der Waals surface area contributed by atoms with E-state index in [0.29, 0.717) is 5.75 Å². The lowest BCUT2D eigenvalue weighted by atomic mass is 10.1. The van der Waals surface area contributed by atoms with Crippen molar-refractivity contribution in [3.63, 3.8) is 0 Å². The van der Waals surface area contributed by atoms with Gasteiger partial charge in [0.15, 0.2) is 0 Å². The molecule has 0 saturated carbocycles. The minimum Gasteiger partial charge on any atom is -0.410 e. The standard InChI is InChI=1S/C14H19NO2/c1-11-7-6-8-13(12(11)2)17-14(16)15-9-4-3-5-10-15/h6-8H,3-5,9-10H2,1-2H3. The predicted octanol–water partition coefficient (Wildman–Crippen LogP) is 3.29. The quantitative estimate of drug-likeness (QED) is 0.745. The number of piperidine rings is 1. The van der Waals surface area contributed by atoms with Crippen molar-refractivity contribution in [2.75, 3.05) is 13.1 Å². The molecule has 0 bridgehead atoms. The highest BCUT2D eigenvalue weighted by Gasteiger charge is 2.19. The molecule has 3 nitrogen and oxygen atoms in total. The molecule has 0 N–H and O–H groups in total. The molecule has 0 unspecified atom stereocenters. The molecule has 0 aromatic heterocycles. The molecule has 92 valence electrons. The van der Waals surface area contributed by atoms with Gasteiger partial charge >= 0.3 is 6.09 Å². The van der Waals surface area contributed by atoms with Crippen molar-refractivity contribution in [2.24, 2.45) is 0 Å². The zero-order valence-corrected chi connectivity index (χ0v) is 10.5. The van der Waals surface area contributed by atoms with Gasteiger partial charge in [0, 0.05) is 13.1 Å². The fourth-order valence-corrected chi connectivity index (χ4v) is 2.07. The van der Waals surface area contributed by atoms with Crippen LogP contribution in [0, 0.1) is 13.8 Å². The molecule has 1 aromatic rings. The van der Waals surface area contributed by atoms with Gasteiger partial charge in [-0.25, -0.2) is 4.79 Å². The van der Waals surface area contributed by atoms with Crippen LogP contribution in [-0.2, 0) is 0 Å². The van der Waals surface area contributed by atoms with E-state index in [-0.39, 0.29) is 6.09 Å². The first kappa shape index (κ1) is 12.0. The lowest BCUT2D eigenvalue weighted by Crippen LogP contribution is -2.37. The largest absolute Gasteiger partial charge is 0.415 e. The lowest BCUT2D eigenvalue weighted by molar-refractivity contribution is 0.142. The van der Waals surface area contributed by atoms with Crippen molar-refractivity contribution in [1.29, 1.82) is 0 Å². The van der Waals surface area contributed by atoms with E-state index in [1.807, 2.05) is 32.0 Å². The number of hydrogen-bond donors (Lipinski definition) is 0. The van der Waals surface area contributed by atoms with Crippen molar-refractivity contribution in [1.82, 2.24) is 4.90 Å². The van der Waals surface area contributed by atoms with E-state index in [1.165, 1.54) is 6.42 Å². The van der Waals surface area contributed by atoms with Gasteiger partial charge in [-0.1, -0.05) is 12.1 Å². The molecule has 0 spiro atoms. The van der Waals surface area contributed by atoms with Crippen molar-refractivity contribution < 1.29 is 9.53 Å². The second-order valence-corrected chi connectivity index (χ2v) is 4.61. The Morgan fingerprint density at radius 1 is 1.18 bits per heavy atom. The van der Waals surface area contributed by atoms with Gasteiger partial charge < -0.3 is 9.64 Å². The van der Waals surface area contributed by atoms with Gasteiger partial charge in [-0.15, -0.1) is 0 Å². The molecule has 2 rings (SSSR count). The maximum Gasteiger partial charge on any atom is 0.415 e. The number of carbonyl (C=O) groups excluding carboxylic acids is 1. The average Bonchev–Trinajstić information content (AvgIpc) is 2.36. The summed E-state index contributed by atoms with van der Waals surface area (Å²) in [6.07, 6.45) is 3.18. The van der Waals surface area contributed by atoms with Gasteiger partial charge in [0.1, 0.15) is 5.75 Å². The monoisotopic (exact) mass is 233 g/mol. The fraction of sp³-hybridized carbons (Fsp3) is 0.500. The Balaban J connectivity index is 2.04. The van der Waals surface area contributed by atoms with Crippen LogP contribution in [0.5, 0.6) is 5.75 Å². The Labute approximate surface area is 102 Å². The molecule has 0 radical (unpaired) electrons. The highest BCUT2D eigenvalue weighted by atomic mass is 16.6. The van der Waals surface area contributed by atoms with E-state index in [0.717, 1.165) is 37.1 Å². The third-order valence-electron chi connectivity index (χ3n) is 3.37. The molecule has 1 heterocycles. The van der Waals surface area contributed by atoms with E-state index >= 15 is 0 Å². The van der Waals surface area contributed by atoms with Crippen LogP contribution >= 0.6 is 0 Å². The van der Waals surface area contributed by atoms with E-state index in [4.69, 9.17) is 4.74 Å². The first-order chi connectivity index (χ1) is 8.18. The molecule has 1 fully saturated rings. The highest BCUT2D eigenvalue weighted by molar-refractivity contribution is 5.71. The van der Waals surface area contributed by atoms with Crippen molar-refractivity contribution >= 4 is 6.09 Å². The minimum atomic E-state index is -0.210. The number of carbonyl (C=O) groups is 1. The van der Waals surface area contributed by atoms with Crippen molar-refractivity contribution in [3.8, 4) is 5.75 Å². The zero-order chi connectivity index (χ0) is 12.3. The van der Waals surface area contributed by atoms with E-state index in [1.54, 1.807) is 4.90 Å². The molecule has 1 amide bonds. The summed E-state index contributed by atoms with van der Waals surface area (Å²) in [7, 11) is 0. The molecular formula is C14H19NO2. The Kier molecular flexibility index (Phi) is 3.67. The zero-order valence-electron chi connectivity index (χ0n) is 10.5. The van der Waals surface area contributed by atoms with Gasteiger partial charge in [-0.2, -0.15) is 0 Å². The number of ether oxygens (including phenoxy) is 1. The molecule has 1 aromatic carbocycles. The summed E-state index contributed by atoms with van der Waals surface area (Å²) in [4.78, 5) is 13.7. The molecule has 1 aliphatic heterocycles. The van der Waals surface area contributed by atoms with Crippen LogP contribution < -0.4 is 4.74 Å². The van der Waals surface area contributed by atoms with Gasteiger partial charge in [0.2, 0.25) is 0 Å². The number of amides is 1. The third-order valence-corrected chi connectivity index (χ3v) is 3.37. The number of aryl methyl sites for hydroxylation is 1. The van der Waals surface area contributed by atoms with Crippen LogP contribution in [0.4, 0.5) is 4.79 Å². The summed E-state index contributed by atoms with van der Waals surface area (Å²) in [5.41, 5.74) is 2.19. The van der Waals surface area contributed by atoms with Crippen LogP contribution in [-0.4, -0.2) is 24.1 Å². The van der Waals surface area contributed by atoms with Crippen molar-refractivity contribution in [2.45, 2.75) is 33.1 Å². The minimum absolute atomic E-state index is 0.210. The van der Waals surface area contributed by atoms with E-state index in [9.17, 15) is 4.79 Å². The Bertz CT molecular complexity index is 409. The van der Waals surface area contributed by atoms with Crippen LogP contribution in [0.3, 0.4) is 0 Å². The summed E-state index contributed by atoms with van der Waals surface area (Å²) >= 11 is 0. The van der Waals surface area contributed by atoms with Gasteiger partial charge in [-0.3, -0.25) is 0 Å². The topological polar surface area (TPSA) is 29.5 Å². The maximum absolute atomic E-state index is 11.9. The predicted molar refractivity (Wildman–Crippen MR) is 67.4 cm³/mol. The number of nitrogens with zero attached hydrogens (tertiary/aromatic N) is 1. The maximum atomic E-state index is 11.9. The number of benzene rings is 1. The summed E-state index contributed by atoms with van der Waals surface area (Å²) < 4.78 is 5.45. The molecule has 3 heteroatoms. The first-order valence-corrected chi connectivity index (χ1v) is 6.21. The first-order valence-electron chi connectivity index (χ1n) is 6.21. The summed E-state index contributed by atoms with van der Waals surface area (Å²) in [6.45, 7) is 5.65. The summed E-state index contributed by atoms with van der Waals surface area (Å²) in [5.74, 6) is 0.681. The Hall–Kier alpha value is -1.51. The molecule has 1 saturated heterocycles. The number of likely N-dealkylation sites (tertiary alicyclic amines) is 1. The summed E-state index contributed by atoms with van der Waals surface area (Å²) in [5, 5.41) is 0. The van der Waals surface area contributed by atoms with Gasteiger partial charge in [-0.05, 0) is 50.3 Å². The summed E-state index contributed by atoms with van der Waals surface area (Å²) in [6, 6.07) is 5.79. The van der Waals surface area contributed by atoms with Crippen LogP contribution in [0.2, 0.25) is 0 Å².